The van der Waals surface area contributed by atoms with E-state index in [1.54, 1.807) is 12.3 Å². The molecule has 0 unspecified atom stereocenters. The standard InChI is InChI=1S/C15H16Cl2N2O/c16-14-8-15(17)18-9-13(14)11-19(6-7-20)10-12-4-2-1-3-5-12/h1-5,8-9,20H,6-7,10-11H2. The Bertz CT molecular complexity index is 549. The van der Waals surface area contributed by atoms with Gasteiger partial charge in [-0.05, 0) is 11.6 Å². The van der Waals surface area contributed by atoms with Crippen LogP contribution >= 0.6 is 23.2 Å². The second-order valence-electron chi connectivity index (χ2n) is 4.52. The van der Waals surface area contributed by atoms with Crippen molar-refractivity contribution < 1.29 is 5.11 Å². The van der Waals surface area contributed by atoms with Gasteiger partial charge in [0.1, 0.15) is 5.15 Å². The third-order valence-electron chi connectivity index (χ3n) is 2.96. The molecule has 0 bridgehead atoms. The molecule has 0 fully saturated rings. The van der Waals surface area contributed by atoms with E-state index in [1.165, 1.54) is 5.56 Å². The van der Waals surface area contributed by atoms with Crippen molar-refractivity contribution in [2.75, 3.05) is 13.2 Å². The molecule has 2 rings (SSSR count). The number of aliphatic hydroxyl groups excluding tert-OH is 1. The zero-order valence-corrected chi connectivity index (χ0v) is 12.5. The van der Waals surface area contributed by atoms with Crippen LogP contribution in [0.25, 0.3) is 0 Å². The van der Waals surface area contributed by atoms with Crippen molar-refractivity contribution in [2.45, 2.75) is 13.1 Å². The molecule has 0 spiro atoms. The number of halogens is 2. The van der Waals surface area contributed by atoms with Crippen LogP contribution in [0.5, 0.6) is 0 Å². The minimum atomic E-state index is 0.103. The van der Waals surface area contributed by atoms with Crippen LogP contribution < -0.4 is 0 Å². The fraction of sp³-hybridized carbons (Fsp3) is 0.267. The number of pyridine rings is 1. The first-order chi connectivity index (χ1) is 9.69. The highest BCUT2D eigenvalue weighted by Gasteiger charge is 2.10. The summed E-state index contributed by atoms with van der Waals surface area (Å²) in [4.78, 5) is 6.17. The van der Waals surface area contributed by atoms with Crippen molar-refractivity contribution in [1.82, 2.24) is 9.88 Å². The van der Waals surface area contributed by atoms with E-state index in [0.717, 1.165) is 12.1 Å². The normalized spacial score (nSPS) is 11.0. The Morgan fingerprint density at radius 2 is 1.85 bits per heavy atom. The molecule has 1 N–H and O–H groups in total. The third-order valence-corrected chi connectivity index (χ3v) is 3.51. The highest BCUT2D eigenvalue weighted by atomic mass is 35.5. The van der Waals surface area contributed by atoms with Gasteiger partial charge in [0.2, 0.25) is 0 Å². The Hall–Kier alpha value is -1.13. The molecule has 0 aliphatic heterocycles. The smallest absolute Gasteiger partial charge is 0.130 e. The van der Waals surface area contributed by atoms with Crippen molar-refractivity contribution in [2.24, 2.45) is 0 Å². The van der Waals surface area contributed by atoms with Crippen LogP contribution in [-0.2, 0) is 13.1 Å². The number of nitrogens with zero attached hydrogens (tertiary/aromatic N) is 2. The van der Waals surface area contributed by atoms with Gasteiger partial charge in [-0.3, -0.25) is 4.90 Å². The molecular formula is C15H16Cl2N2O. The van der Waals surface area contributed by atoms with E-state index in [2.05, 4.69) is 22.0 Å². The first-order valence-corrected chi connectivity index (χ1v) is 7.11. The first-order valence-electron chi connectivity index (χ1n) is 6.36. The second-order valence-corrected chi connectivity index (χ2v) is 5.31. The number of hydrogen-bond acceptors (Lipinski definition) is 3. The molecule has 0 aliphatic rings. The summed E-state index contributed by atoms with van der Waals surface area (Å²) in [7, 11) is 0. The third kappa shape index (κ3) is 4.46. The zero-order valence-electron chi connectivity index (χ0n) is 11.0. The molecule has 0 aliphatic carbocycles. The van der Waals surface area contributed by atoms with Crippen LogP contribution in [0.4, 0.5) is 0 Å². The van der Waals surface area contributed by atoms with Crippen LogP contribution in [0.1, 0.15) is 11.1 Å². The van der Waals surface area contributed by atoms with Gasteiger partial charge in [0, 0.05) is 36.4 Å². The Balaban J connectivity index is 2.09. The molecule has 1 aromatic heterocycles. The Morgan fingerprint density at radius 3 is 2.50 bits per heavy atom. The number of aliphatic hydroxyl groups is 1. The summed E-state index contributed by atoms with van der Waals surface area (Å²) >= 11 is 12.0. The molecule has 5 heteroatoms. The van der Waals surface area contributed by atoms with Crippen LogP contribution in [-0.4, -0.2) is 28.1 Å². The molecule has 1 heterocycles. The van der Waals surface area contributed by atoms with E-state index < -0.39 is 0 Å². The van der Waals surface area contributed by atoms with Crippen LogP contribution in [0, 0.1) is 0 Å². The fourth-order valence-electron chi connectivity index (χ4n) is 1.99. The number of rotatable bonds is 6. The van der Waals surface area contributed by atoms with Gasteiger partial charge in [-0.2, -0.15) is 0 Å². The Morgan fingerprint density at radius 1 is 1.10 bits per heavy atom. The number of hydrogen-bond donors (Lipinski definition) is 1. The minimum absolute atomic E-state index is 0.103. The lowest BCUT2D eigenvalue weighted by atomic mass is 10.2. The maximum absolute atomic E-state index is 9.19. The van der Waals surface area contributed by atoms with Gasteiger partial charge in [-0.25, -0.2) is 4.98 Å². The number of aromatic nitrogens is 1. The van der Waals surface area contributed by atoms with Gasteiger partial charge in [0.05, 0.1) is 6.61 Å². The fourth-order valence-corrected chi connectivity index (χ4v) is 2.42. The van der Waals surface area contributed by atoms with Crippen molar-refractivity contribution in [3.8, 4) is 0 Å². The molecule has 20 heavy (non-hydrogen) atoms. The van der Waals surface area contributed by atoms with Crippen LogP contribution in [0.15, 0.2) is 42.6 Å². The van der Waals surface area contributed by atoms with Gasteiger partial charge < -0.3 is 5.11 Å². The van der Waals surface area contributed by atoms with Crippen molar-refractivity contribution in [1.29, 1.82) is 0 Å². The van der Waals surface area contributed by atoms with Gasteiger partial charge in [-0.1, -0.05) is 53.5 Å². The molecule has 0 saturated carbocycles. The largest absolute Gasteiger partial charge is 0.395 e. The molecule has 3 nitrogen and oxygen atoms in total. The van der Waals surface area contributed by atoms with E-state index >= 15 is 0 Å². The quantitative estimate of drug-likeness (QED) is 0.831. The topological polar surface area (TPSA) is 36.4 Å². The first kappa shape index (κ1) is 15.3. The molecule has 1 aromatic carbocycles. The molecule has 2 aromatic rings. The van der Waals surface area contributed by atoms with E-state index in [4.69, 9.17) is 23.2 Å². The molecule has 0 atom stereocenters. The summed E-state index contributed by atoms with van der Waals surface area (Å²) in [5, 5.41) is 10.2. The Labute approximate surface area is 128 Å². The summed E-state index contributed by atoms with van der Waals surface area (Å²) < 4.78 is 0. The molecule has 0 radical (unpaired) electrons. The highest BCUT2D eigenvalue weighted by molar-refractivity contribution is 6.34. The van der Waals surface area contributed by atoms with Crippen molar-refractivity contribution in [3.63, 3.8) is 0 Å². The summed E-state index contributed by atoms with van der Waals surface area (Å²) in [6.07, 6.45) is 1.68. The maximum Gasteiger partial charge on any atom is 0.130 e. The summed E-state index contributed by atoms with van der Waals surface area (Å²) in [5.74, 6) is 0. The zero-order chi connectivity index (χ0) is 14.4. The average Bonchev–Trinajstić information content (AvgIpc) is 2.43. The highest BCUT2D eigenvalue weighted by Crippen LogP contribution is 2.20. The predicted molar refractivity (Wildman–Crippen MR) is 81.9 cm³/mol. The summed E-state index contributed by atoms with van der Waals surface area (Å²) in [6, 6.07) is 11.8. The lowest BCUT2D eigenvalue weighted by Gasteiger charge is -2.22. The van der Waals surface area contributed by atoms with E-state index in [9.17, 15) is 5.11 Å². The summed E-state index contributed by atoms with van der Waals surface area (Å²) in [6.45, 7) is 2.05. The van der Waals surface area contributed by atoms with Crippen LogP contribution in [0.2, 0.25) is 10.2 Å². The van der Waals surface area contributed by atoms with E-state index in [0.29, 0.717) is 23.3 Å². The Kier molecular flexibility index (Phi) is 5.80. The van der Waals surface area contributed by atoms with Crippen LogP contribution in [0.3, 0.4) is 0 Å². The van der Waals surface area contributed by atoms with E-state index in [1.807, 2.05) is 18.2 Å². The molecule has 0 saturated heterocycles. The predicted octanol–water partition coefficient (Wildman–Crippen LogP) is 3.38. The average molecular weight is 311 g/mol. The maximum atomic E-state index is 9.19. The molecule has 106 valence electrons. The molecular weight excluding hydrogens is 295 g/mol. The SMILES string of the molecule is OCCN(Cc1ccccc1)Cc1cnc(Cl)cc1Cl. The second kappa shape index (κ2) is 7.60. The minimum Gasteiger partial charge on any atom is -0.395 e. The number of benzene rings is 1. The van der Waals surface area contributed by atoms with Gasteiger partial charge >= 0.3 is 0 Å². The van der Waals surface area contributed by atoms with Crippen molar-refractivity contribution in [3.05, 3.63) is 63.9 Å². The lowest BCUT2D eigenvalue weighted by Crippen LogP contribution is -2.26. The van der Waals surface area contributed by atoms with Gasteiger partial charge in [-0.15, -0.1) is 0 Å². The monoisotopic (exact) mass is 310 g/mol. The van der Waals surface area contributed by atoms with Gasteiger partial charge in [0.25, 0.3) is 0 Å². The van der Waals surface area contributed by atoms with E-state index in [-0.39, 0.29) is 6.61 Å². The van der Waals surface area contributed by atoms with Gasteiger partial charge in [0.15, 0.2) is 0 Å². The lowest BCUT2D eigenvalue weighted by molar-refractivity contribution is 0.184. The summed E-state index contributed by atoms with van der Waals surface area (Å²) in [5.41, 5.74) is 2.10. The molecule has 0 amide bonds. The van der Waals surface area contributed by atoms with Crippen molar-refractivity contribution >= 4 is 23.2 Å².